The molecule has 0 spiro atoms. The van der Waals surface area contributed by atoms with Gasteiger partial charge < -0.3 is 0 Å². The highest BCUT2D eigenvalue weighted by Gasteiger charge is 2.29. The van der Waals surface area contributed by atoms with Gasteiger partial charge in [0.2, 0.25) is 10.0 Å². The lowest BCUT2D eigenvalue weighted by Gasteiger charge is -2.25. The van der Waals surface area contributed by atoms with Crippen molar-refractivity contribution >= 4 is 33.2 Å². The fourth-order valence-corrected chi connectivity index (χ4v) is 3.11. The Kier molecular flexibility index (Phi) is 4.94. The Hall–Kier alpha value is -0.430. The number of alkyl halides is 2. The normalized spacial score (nSPS) is 12.7. The van der Waals surface area contributed by atoms with E-state index in [1.165, 1.54) is 6.92 Å². The zero-order chi connectivity index (χ0) is 14.0. The summed E-state index contributed by atoms with van der Waals surface area (Å²) < 4.78 is 51.8. The molecule has 0 saturated carbocycles. The third-order valence-corrected chi connectivity index (χ3v) is 4.99. The number of hydrogen-bond donors (Lipinski definition) is 1. The predicted octanol–water partition coefficient (Wildman–Crippen LogP) is 2.48. The molecular weight excluding hydrogens is 307 g/mol. The second-order valence-electron chi connectivity index (χ2n) is 4.01. The van der Waals surface area contributed by atoms with Gasteiger partial charge in [-0.1, -0.05) is 0 Å². The predicted molar refractivity (Wildman–Crippen MR) is 66.5 cm³/mol. The fourth-order valence-electron chi connectivity index (χ4n) is 1.12. The molecule has 0 aliphatic heterocycles. The standard InChI is InChI=1S/C10H11Cl2F2NO2S/c1-10(5-11,6-12)15-18(16,17)7-2-3-8(13)9(14)4-7/h2-4,15H,5-6H2,1H3. The molecule has 0 radical (unpaired) electrons. The number of sulfonamides is 1. The van der Waals surface area contributed by atoms with Gasteiger partial charge in [0.1, 0.15) is 0 Å². The van der Waals surface area contributed by atoms with Crippen LogP contribution in [-0.2, 0) is 10.0 Å². The van der Waals surface area contributed by atoms with Crippen LogP contribution in [0.5, 0.6) is 0 Å². The van der Waals surface area contributed by atoms with Gasteiger partial charge in [-0.15, -0.1) is 23.2 Å². The summed E-state index contributed by atoms with van der Waals surface area (Å²) in [7, 11) is -4.01. The van der Waals surface area contributed by atoms with E-state index in [9.17, 15) is 17.2 Å². The van der Waals surface area contributed by atoms with E-state index >= 15 is 0 Å². The van der Waals surface area contributed by atoms with E-state index in [0.717, 1.165) is 12.1 Å². The smallest absolute Gasteiger partial charge is 0.207 e. The largest absolute Gasteiger partial charge is 0.241 e. The van der Waals surface area contributed by atoms with E-state index < -0.39 is 27.2 Å². The Morgan fingerprint density at radius 3 is 2.22 bits per heavy atom. The lowest BCUT2D eigenvalue weighted by atomic mass is 10.1. The summed E-state index contributed by atoms with van der Waals surface area (Å²) in [6.45, 7) is 1.50. The summed E-state index contributed by atoms with van der Waals surface area (Å²) in [4.78, 5) is -0.386. The first-order chi connectivity index (χ1) is 8.24. The lowest BCUT2D eigenvalue weighted by Crippen LogP contribution is -2.49. The Morgan fingerprint density at radius 2 is 1.78 bits per heavy atom. The Morgan fingerprint density at radius 1 is 1.22 bits per heavy atom. The molecule has 0 aromatic heterocycles. The molecule has 0 saturated heterocycles. The zero-order valence-electron chi connectivity index (χ0n) is 9.38. The van der Waals surface area contributed by atoms with Crippen LogP contribution in [-0.4, -0.2) is 25.7 Å². The van der Waals surface area contributed by atoms with Gasteiger partial charge in [-0.05, 0) is 25.1 Å². The summed E-state index contributed by atoms with van der Waals surface area (Å²) in [5, 5.41) is 0. The highest BCUT2D eigenvalue weighted by Crippen LogP contribution is 2.18. The van der Waals surface area contributed by atoms with Crippen molar-refractivity contribution in [3.63, 3.8) is 0 Å². The summed E-state index contributed by atoms with van der Waals surface area (Å²) >= 11 is 11.2. The van der Waals surface area contributed by atoms with Crippen molar-refractivity contribution in [1.82, 2.24) is 4.72 Å². The maximum absolute atomic E-state index is 13.0. The van der Waals surface area contributed by atoms with Crippen LogP contribution in [0, 0.1) is 11.6 Å². The highest BCUT2D eigenvalue weighted by atomic mass is 35.5. The van der Waals surface area contributed by atoms with E-state index in [4.69, 9.17) is 23.2 Å². The molecular formula is C10H11Cl2F2NO2S. The molecule has 0 atom stereocenters. The van der Waals surface area contributed by atoms with Crippen molar-refractivity contribution in [2.24, 2.45) is 0 Å². The third kappa shape index (κ3) is 3.54. The van der Waals surface area contributed by atoms with Crippen molar-refractivity contribution in [3.05, 3.63) is 29.8 Å². The SMILES string of the molecule is CC(CCl)(CCl)NS(=O)(=O)c1ccc(F)c(F)c1. The van der Waals surface area contributed by atoms with E-state index in [1.54, 1.807) is 0 Å². The van der Waals surface area contributed by atoms with Crippen molar-refractivity contribution in [1.29, 1.82) is 0 Å². The van der Waals surface area contributed by atoms with Gasteiger partial charge in [-0.2, -0.15) is 0 Å². The number of hydrogen-bond acceptors (Lipinski definition) is 2. The summed E-state index contributed by atoms with van der Waals surface area (Å²) in [6, 6.07) is 2.30. The van der Waals surface area contributed by atoms with Crippen molar-refractivity contribution in [2.75, 3.05) is 11.8 Å². The molecule has 102 valence electrons. The number of nitrogens with one attached hydrogen (secondary N) is 1. The first kappa shape index (κ1) is 15.6. The monoisotopic (exact) mass is 317 g/mol. The summed E-state index contributed by atoms with van der Waals surface area (Å²) in [5.74, 6) is -2.47. The van der Waals surface area contributed by atoms with Crippen LogP contribution in [0.3, 0.4) is 0 Å². The maximum Gasteiger partial charge on any atom is 0.241 e. The van der Waals surface area contributed by atoms with Gasteiger partial charge in [0.15, 0.2) is 11.6 Å². The molecule has 1 rings (SSSR count). The Balaban J connectivity index is 3.10. The van der Waals surface area contributed by atoms with Crippen LogP contribution in [0.15, 0.2) is 23.1 Å². The highest BCUT2D eigenvalue weighted by molar-refractivity contribution is 7.89. The average molecular weight is 318 g/mol. The van der Waals surface area contributed by atoms with Crippen LogP contribution < -0.4 is 4.72 Å². The third-order valence-electron chi connectivity index (χ3n) is 2.17. The van der Waals surface area contributed by atoms with Gasteiger partial charge in [0.05, 0.1) is 10.4 Å². The minimum Gasteiger partial charge on any atom is -0.207 e. The van der Waals surface area contributed by atoms with Gasteiger partial charge >= 0.3 is 0 Å². The van der Waals surface area contributed by atoms with Gasteiger partial charge in [0, 0.05) is 11.8 Å². The van der Waals surface area contributed by atoms with Gasteiger partial charge in [-0.3, -0.25) is 0 Å². The second kappa shape index (κ2) is 5.69. The lowest BCUT2D eigenvalue weighted by molar-refractivity contribution is 0.493. The zero-order valence-corrected chi connectivity index (χ0v) is 11.7. The Bertz CT molecular complexity index is 533. The van der Waals surface area contributed by atoms with Crippen molar-refractivity contribution < 1.29 is 17.2 Å². The molecule has 0 heterocycles. The molecule has 0 amide bonds. The summed E-state index contributed by atoms with van der Waals surface area (Å²) in [5.41, 5.74) is -1.06. The van der Waals surface area contributed by atoms with E-state index in [0.29, 0.717) is 6.07 Å². The minimum absolute atomic E-state index is 0.0561. The van der Waals surface area contributed by atoms with Crippen LogP contribution >= 0.6 is 23.2 Å². The first-order valence-electron chi connectivity index (χ1n) is 4.85. The van der Waals surface area contributed by atoms with E-state index in [-0.39, 0.29) is 16.7 Å². The molecule has 3 nitrogen and oxygen atoms in total. The fraction of sp³-hybridized carbons (Fsp3) is 0.400. The number of rotatable bonds is 5. The minimum atomic E-state index is -4.01. The van der Waals surface area contributed by atoms with E-state index in [1.807, 2.05) is 0 Å². The van der Waals surface area contributed by atoms with Crippen molar-refractivity contribution in [3.8, 4) is 0 Å². The van der Waals surface area contributed by atoms with Crippen LogP contribution in [0.2, 0.25) is 0 Å². The first-order valence-corrected chi connectivity index (χ1v) is 7.40. The van der Waals surface area contributed by atoms with Crippen LogP contribution in [0.25, 0.3) is 0 Å². The Labute approximate surface area is 114 Å². The molecule has 0 unspecified atom stereocenters. The molecule has 0 bridgehead atoms. The van der Waals surface area contributed by atoms with Crippen LogP contribution in [0.4, 0.5) is 8.78 Å². The second-order valence-corrected chi connectivity index (χ2v) is 6.23. The van der Waals surface area contributed by atoms with E-state index in [2.05, 4.69) is 4.72 Å². The molecule has 0 aliphatic carbocycles. The topological polar surface area (TPSA) is 46.2 Å². The van der Waals surface area contributed by atoms with Gasteiger partial charge in [0.25, 0.3) is 0 Å². The van der Waals surface area contributed by atoms with Gasteiger partial charge in [-0.25, -0.2) is 21.9 Å². The molecule has 0 aliphatic rings. The molecule has 1 N–H and O–H groups in total. The quantitative estimate of drug-likeness (QED) is 0.848. The number of benzene rings is 1. The average Bonchev–Trinajstić information content (AvgIpc) is 2.32. The molecule has 0 fully saturated rings. The maximum atomic E-state index is 13.0. The molecule has 18 heavy (non-hydrogen) atoms. The van der Waals surface area contributed by atoms with Crippen LogP contribution in [0.1, 0.15) is 6.92 Å². The molecule has 1 aromatic rings. The van der Waals surface area contributed by atoms with Crippen molar-refractivity contribution in [2.45, 2.75) is 17.4 Å². The molecule has 1 aromatic carbocycles. The molecule has 8 heteroatoms. The number of halogens is 4. The summed E-state index contributed by atoms with van der Waals surface area (Å²) in [6.07, 6.45) is 0.